The molecule has 1 aliphatic rings. The lowest BCUT2D eigenvalue weighted by Gasteiger charge is -2.18. The smallest absolute Gasteiger partial charge is 0.173 e. The van der Waals surface area contributed by atoms with E-state index in [9.17, 15) is 9.59 Å². The molecule has 0 spiro atoms. The molecule has 0 amide bonds. The van der Waals surface area contributed by atoms with Gasteiger partial charge in [0.15, 0.2) is 5.78 Å². The SMILES string of the molecule is C[C@@H]1CCCCC(=O)[C@H]1C(=O)c1ccccc1. The first-order valence-electron chi connectivity index (χ1n) is 6.32. The number of Topliss-reactive ketones (excluding diaryl/α,β-unsaturated/α-hetero) is 2. The molecule has 2 heteroatoms. The summed E-state index contributed by atoms with van der Waals surface area (Å²) < 4.78 is 0. The van der Waals surface area contributed by atoms with E-state index in [0.29, 0.717) is 12.0 Å². The van der Waals surface area contributed by atoms with Crippen LogP contribution in [0.3, 0.4) is 0 Å². The molecule has 0 unspecified atom stereocenters. The first kappa shape index (κ1) is 12.0. The highest BCUT2D eigenvalue weighted by Gasteiger charge is 2.33. The Morgan fingerprint density at radius 3 is 2.59 bits per heavy atom. The van der Waals surface area contributed by atoms with Gasteiger partial charge in [-0.25, -0.2) is 0 Å². The van der Waals surface area contributed by atoms with Crippen molar-refractivity contribution in [2.45, 2.75) is 32.6 Å². The number of hydrogen-bond acceptors (Lipinski definition) is 2. The van der Waals surface area contributed by atoms with Crippen molar-refractivity contribution in [1.29, 1.82) is 0 Å². The molecule has 1 saturated carbocycles. The van der Waals surface area contributed by atoms with Crippen molar-refractivity contribution in [3.05, 3.63) is 35.9 Å². The molecular weight excluding hydrogens is 212 g/mol. The Morgan fingerprint density at radius 2 is 1.88 bits per heavy atom. The van der Waals surface area contributed by atoms with Crippen molar-refractivity contribution < 1.29 is 9.59 Å². The second-order valence-corrected chi connectivity index (χ2v) is 4.90. The summed E-state index contributed by atoms with van der Waals surface area (Å²) in [4.78, 5) is 24.4. The summed E-state index contributed by atoms with van der Waals surface area (Å²) in [6, 6.07) is 9.17. The van der Waals surface area contributed by atoms with Crippen molar-refractivity contribution in [3.8, 4) is 0 Å². The van der Waals surface area contributed by atoms with Crippen LogP contribution < -0.4 is 0 Å². The molecule has 0 N–H and O–H groups in total. The van der Waals surface area contributed by atoms with E-state index < -0.39 is 5.92 Å². The molecule has 1 fully saturated rings. The van der Waals surface area contributed by atoms with Gasteiger partial charge in [0.05, 0.1) is 5.92 Å². The molecule has 0 aliphatic heterocycles. The van der Waals surface area contributed by atoms with Gasteiger partial charge >= 0.3 is 0 Å². The minimum Gasteiger partial charge on any atom is -0.299 e. The summed E-state index contributed by atoms with van der Waals surface area (Å²) in [5.41, 5.74) is 0.666. The molecule has 1 aliphatic carbocycles. The van der Waals surface area contributed by atoms with E-state index in [1.165, 1.54) is 0 Å². The second-order valence-electron chi connectivity index (χ2n) is 4.90. The van der Waals surface area contributed by atoms with Crippen LogP contribution in [0.1, 0.15) is 43.0 Å². The van der Waals surface area contributed by atoms with Crippen molar-refractivity contribution >= 4 is 11.6 Å². The van der Waals surface area contributed by atoms with E-state index in [4.69, 9.17) is 0 Å². The second kappa shape index (κ2) is 5.26. The van der Waals surface area contributed by atoms with E-state index in [1.807, 2.05) is 25.1 Å². The monoisotopic (exact) mass is 230 g/mol. The molecule has 0 heterocycles. The minimum atomic E-state index is -0.417. The molecule has 0 bridgehead atoms. The van der Waals surface area contributed by atoms with Crippen LogP contribution in [0, 0.1) is 11.8 Å². The molecule has 0 saturated heterocycles. The Bertz CT molecular complexity index is 408. The third-order valence-corrected chi connectivity index (χ3v) is 3.59. The van der Waals surface area contributed by atoms with E-state index in [0.717, 1.165) is 19.3 Å². The number of carbonyl (C=O) groups excluding carboxylic acids is 2. The fourth-order valence-corrected chi connectivity index (χ4v) is 2.59. The van der Waals surface area contributed by atoms with Crippen LogP contribution in [0.5, 0.6) is 0 Å². The van der Waals surface area contributed by atoms with Gasteiger partial charge in [-0.3, -0.25) is 9.59 Å². The lowest BCUT2D eigenvalue weighted by atomic mass is 9.83. The van der Waals surface area contributed by atoms with Gasteiger partial charge < -0.3 is 0 Å². The van der Waals surface area contributed by atoms with Crippen LogP contribution in [0.4, 0.5) is 0 Å². The average molecular weight is 230 g/mol. The van der Waals surface area contributed by atoms with Crippen LogP contribution in [0.25, 0.3) is 0 Å². The Balaban J connectivity index is 2.25. The standard InChI is InChI=1S/C15H18O2/c1-11-7-5-6-10-13(16)14(11)15(17)12-8-3-2-4-9-12/h2-4,8-9,11,14H,5-7,10H2,1H3/t11-,14+/m1/s1. The minimum absolute atomic E-state index is 0.00463. The maximum atomic E-state index is 12.4. The van der Waals surface area contributed by atoms with Gasteiger partial charge in [-0.05, 0) is 18.8 Å². The largest absolute Gasteiger partial charge is 0.299 e. The number of rotatable bonds is 2. The Hall–Kier alpha value is -1.44. The highest BCUT2D eigenvalue weighted by Crippen LogP contribution is 2.28. The molecule has 17 heavy (non-hydrogen) atoms. The molecule has 0 aromatic heterocycles. The van der Waals surface area contributed by atoms with Crippen molar-refractivity contribution in [2.75, 3.05) is 0 Å². The van der Waals surface area contributed by atoms with Gasteiger partial charge in [0, 0.05) is 12.0 Å². The predicted molar refractivity (Wildman–Crippen MR) is 66.9 cm³/mol. The Morgan fingerprint density at radius 1 is 1.18 bits per heavy atom. The molecule has 90 valence electrons. The van der Waals surface area contributed by atoms with Crippen molar-refractivity contribution in [2.24, 2.45) is 11.8 Å². The molecule has 2 atom stereocenters. The summed E-state index contributed by atoms with van der Waals surface area (Å²) >= 11 is 0. The van der Waals surface area contributed by atoms with Crippen molar-refractivity contribution in [3.63, 3.8) is 0 Å². The fraction of sp³-hybridized carbons (Fsp3) is 0.467. The van der Waals surface area contributed by atoms with Gasteiger partial charge in [-0.2, -0.15) is 0 Å². The van der Waals surface area contributed by atoms with Crippen LogP contribution >= 0.6 is 0 Å². The molecule has 2 nitrogen and oxygen atoms in total. The summed E-state index contributed by atoms with van der Waals surface area (Å²) in [7, 11) is 0. The topological polar surface area (TPSA) is 34.1 Å². The summed E-state index contributed by atoms with van der Waals surface area (Å²) in [5.74, 6) is -0.105. The van der Waals surface area contributed by atoms with Gasteiger partial charge in [0.25, 0.3) is 0 Å². The maximum Gasteiger partial charge on any atom is 0.173 e. The van der Waals surface area contributed by atoms with E-state index in [1.54, 1.807) is 12.1 Å². The molecule has 2 rings (SSSR count). The third-order valence-electron chi connectivity index (χ3n) is 3.59. The van der Waals surface area contributed by atoms with E-state index in [2.05, 4.69) is 0 Å². The zero-order valence-electron chi connectivity index (χ0n) is 10.2. The summed E-state index contributed by atoms with van der Waals surface area (Å²) in [6.07, 6.45) is 3.54. The van der Waals surface area contributed by atoms with Crippen LogP contribution in [-0.2, 0) is 4.79 Å². The van der Waals surface area contributed by atoms with Crippen molar-refractivity contribution in [1.82, 2.24) is 0 Å². The van der Waals surface area contributed by atoms with Gasteiger partial charge in [0.2, 0.25) is 0 Å². The Labute approximate surface area is 102 Å². The van der Waals surface area contributed by atoms with E-state index in [-0.39, 0.29) is 17.5 Å². The third kappa shape index (κ3) is 2.63. The van der Waals surface area contributed by atoms with Crippen LogP contribution in [-0.4, -0.2) is 11.6 Å². The number of ketones is 2. The fourth-order valence-electron chi connectivity index (χ4n) is 2.59. The van der Waals surface area contributed by atoms with Gasteiger partial charge in [-0.15, -0.1) is 0 Å². The Kier molecular flexibility index (Phi) is 3.72. The highest BCUT2D eigenvalue weighted by atomic mass is 16.1. The number of carbonyl (C=O) groups is 2. The maximum absolute atomic E-state index is 12.4. The molecule has 1 aromatic carbocycles. The molecular formula is C15H18O2. The summed E-state index contributed by atoms with van der Waals surface area (Å²) in [6.45, 7) is 2.02. The normalized spacial score (nSPS) is 25.4. The number of benzene rings is 1. The summed E-state index contributed by atoms with van der Waals surface area (Å²) in [5, 5.41) is 0. The lowest BCUT2D eigenvalue weighted by molar-refractivity contribution is -0.122. The quantitative estimate of drug-likeness (QED) is 0.444. The average Bonchev–Trinajstić information content (AvgIpc) is 2.51. The van der Waals surface area contributed by atoms with Crippen LogP contribution in [0.15, 0.2) is 30.3 Å². The highest BCUT2D eigenvalue weighted by molar-refractivity contribution is 6.10. The van der Waals surface area contributed by atoms with Crippen LogP contribution in [0.2, 0.25) is 0 Å². The first-order chi connectivity index (χ1) is 8.20. The van der Waals surface area contributed by atoms with Gasteiger partial charge in [0.1, 0.15) is 5.78 Å². The molecule has 1 aromatic rings. The zero-order valence-corrected chi connectivity index (χ0v) is 10.2. The zero-order chi connectivity index (χ0) is 12.3. The number of hydrogen-bond donors (Lipinski definition) is 0. The first-order valence-corrected chi connectivity index (χ1v) is 6.32. The lowest BCUT2D eigenvalue weighted by Crippen LogP contribution is -2.28. The predicted octanol–water partition coefficient (Wildman–Crippen LogP) is 3.26. The van der Waals surface area contributed by atoms with Gasteiger partial charge in [-0.1, -0.05) is 43.7 Å². The molecule has 0 radical (unpaired) electrons. The van der Waals surface area contributed by atoms with E-state index >= 15 is 0 Å².